The van der Waals surface area contributed by atoms with E-state index in [1.807, 2.05) is 38.1 Å². The zero-order valence-electron chi connectivity index (χ0n) is 15.9. The smallest absolute Gasteiger partial charge is 0.251 e. The van der Waals surface area contributed by atoms with Gasteiger partial charge in [-0.25, -0.2) is 4.99 Å². The Kier molecular flexibility index (Phi) is 9.93. The first-order valence-electron chi connectivity index (χ1n) is 9.09. The maximum absolute atomic E-state index is 11.8. The number of hydrogen-bond acceptors (Lipinski definition) is 3. The molecule has 1 unspecified atom stereocenters. The molecule has 0 saturated carbocycles. The van der Waals surface area contributed by atoms with Gasteiger partial charge in [0.05, 0.1) is 12.1 Å². The number of guanidine groups is 1. The molecule has 0 radical (unpaired) electrons. The largest absolute Gasteiger partial charge is 0.373 e. The normalized spacial score (nSPS) is 19.6. The van der Waals surface area contributed by atoms with Crippen LogP contribution in [-0.2, 0) is 11.3 Å². The molecule has 26 heavy (non-hydrogen) atoms. The molecule has 1 amide bonds. The van der Waals surface area contributed by atoms with Crippen LogP contribution in [0.5, 0.6) is 0 Å². The van der Waals surface area contributed by atoms with Crippen LogP contribution in [0, 0.1) is 0 Å². The van der Waals surface area contributed by atoms with E-state index in [2.05, 4.69) is 27.9 Å². The Morgan fingerprint density at radius 1 is 1.15 bits per heavy atom. The second kappa shape index (κ2) is 11.4. The average Bonchev–Trinajstić information content (AvgIpc) is 3.05. The van der Waals surface area contributed by atoms with Crippen molar-refractivity contribution in [3.8, 4) is 0 Å². The standard InChI is InChI=1S/C19H30N4O2.HI/c1-4-20-17(24)16-9-7-15(8-10-16)13-22-18(21-5-2)23-14-19(3)11-6-12-25-19;/h7-10H,4-6,11-14H2,1-3H3,(H,20,24)(H2,21,22,23);1H. The molecule has 1 aromatic rings. The molecule has 146 valence electrons. The summed E-state index contributed by atoms with van der Waals surface area (Å²) >= 11 is 0. The van der Waals surface area contributed by atoms with Crippen molar-refractivity contribution >= 4 is 35.8 Å². The molecular weight excluding hydrogens is 443 g/mol. The Balaban J connectivity index is 0.00000338. The second-order valence-electron chi connectivity index (χ2n) is 6.51. The summed E-state index contributed by atoms with van der Waals surface area (Å²) in [5.41, 5.74) is 1.63. The molecule has 0 aliphatic carbocycles. The molecule has 1 atom stereocenters. The van der Waals surface area contributed by atoms with E-state index in [0.717, 1.165) is 44.1 Å². The molecule has 1 fully saturated rings. The molecule has 1 aliphatic heterocycles. The van der Waals surface area contributed by atoms with E-state index in [4.69, 9.17) is 4.74 Å². The topological polar surface area (TPSA) is 74.8 Å². The fraction of sp³-hybridized carbons (Fsp3) is 0.579. The number of carbonyl (C=O) groups excluding carboxylic acids is 1. The minimum absolute atomic E-state index is 0. The van der Waals surface area contributed by atoms with Crippen LogP contribution in [-0.4, -0.2) is 43.7 Å². The molecular formula is C19H31IN4O2. The lowest BCUT2D eigenvalue weighted by Gasteiger charge is -2.24. The van der Waals surface area contributed by atoms with E-state index >= 15 is 0 Å². The summed E-state index contributed by atoms with van der Waals surface area (Å²) in [6.07, 6.45) is 2.19. The van der Waals surface area contributed by atoms with Crippen LogP contribution in [0.25, 0.3) is 0 Å². The lowest BCUT2D eigenvalue weighted by molar-refractivity contribution is 0.0243. The van der Waals surface area contributed by atoms with Crippen LogP contribution >= 0.6 is 24.0 Å². The van der Waals surface area contributed by atoms with Gasteiger partial charge in [-0.15, -0.1) is 24.0 Å². The minimum atomic E-state index is -0.107. The van der Waals surface area contributed by atoms with Gasteiger partial charge in [-0.05, 0) is 51.3 Å². The van der Waals surface area contributed by atoms with Crippen molar-refractivity contribution in [3.63, 3.8) is 0 Å². The van der Waals surface area contributed by atoms with Gasteiger partial charge < -0.3 is 20.7 Å². The van der Waals surface area contributed by atoms with Gasteiger partial charge >= 0.3 is 0 Å². The predicted molar refractivity (Wildman–Crippen MR) is 116 cm³/mol. The highest BCUT2D eigenvalue weighted by Crippen LogP contribution is 2.23. The Morgan fingerprint density at radius 3 is 2.42 bits per heavy atom. The predicted octanol–water partition coefficient (Wildman–Crippen LogP) is 2.68. The molecule has 0 bridgehead atoms. The summed E-state index contributed by atoms with van der Waals surface area (Å²) < 4.78 is 5.80. The highest BCUT2D eigenvalue weighted by Gasteiger charge is 2.29. The SMILES string of the molecule is CCNC(=O)c1ccc(CN=C(NCC)NCC2(C)CCCO2)cc1.I. The summed E-state index contributed by atoms with van der Waals surface area (Å²) in [6.45, 7) is 9.67. The van der Waals surface area contributed by atoms with Gasteiger partial charge in [-0.3, -0.25) is 4.79 Å². The van der Waals surface area contributed by atoms with Gasteiger partial charge in [-0.2, -0.15) is 0 Å². The van der Waals surface area contributed by atoms with Gasteiger partial charge in [0.2, 0.25) is 0 Å². The fourth-order valence-corrected chi connectivity index (χ4v) is 2.78. The fourth-order valence-electron chi connectivity index (χ4n) is 2.78. The van der Waals surface area contributed by atoms with E-state index in [9.17, 15) is 4.79 Å². The van der Waals surface area contributed by atoms with Crippen LogP contribution < -0.4 is 16.0 Å². The lowest BCUT2D eigenvalue weighted by Crippen LogP contribution is -2.45. The van der Waals surface area contributed by atoms with Crippen LogP contribution in [0.15, 0.2) is 29.3 Å². The number of carbonyl (C=O) groups is 1. The minimum Gasteiger partial charge on any atom is -0.373 e. The van der Waals surface area contributed by atoms with E-state index in [1.54, 1.807) is 0 Å². The van der Waals surface area contributed by atoms with Crippen molar-refractivity contribution in [2.24, 2.45) is 4.99 Å². The Bertz CT molecular complexity index is 584. The quantitative estimate of drug-likeness (QED) is 0.323. The number of amides is 1. The highest BCUT2D eigenvalue weighted by molar-refractivity contribution is 14.0. The van der Waals surface area contributed by atoms with Gasteiger partial charge in [0, 0.05) is 31.8 Å². The molecule has 1 aromatic carbocycles. The van der Waals surface area contributed by atoms with Gasteiger partial charge in [-0.1, -0.05) is 12.1 Å². The highest BCUT2D eigenvalue weighted by atomic mass is 127. The summed E-state index contributed by atoms with van der Waals surface area (Å²) in [4.78, 5) is 16.4. The van der Waals surface area contributed by atoms with Crippen molar-refractivity contribution in [2.75, 3.05) is 26.2 Å². The molecule has 1 saturated heterocycles. The van der Waals surface area contributed by atoms with Gasteiger partial charge in [0.25, 0.3) is 5.91 Å². The summed E-state index contributed by atoms with van der Waals surface area (Å²) in [5, 5.41) is 9.43. The maximum Gasteiger partial charge on any atom is 0.251 e. The average molecular weight is 474 g/mol. The first-order chi connectivity index (χ1) is 12.1. The molecule has 6 nitrogen and oxygen atoms in total. The summed E-state index contributed by atoms with van der Waals surface area (Å²) in [5.74, 6) is 0.740. The van der Waals surface area contributed by atoms with Crippen molar-refractivity contribution in [2.45, 2.75) is 45.8 Å². The zero-order chi connectivity index (χ0) is 18.1. The number of ether oxygens (including phenoxy) is 1. The second-order valence-corrected chi connectivity index (χ2v) is 6.51. The molecule has 0 spiro atoms. The lowest BCUT2D eigenvalue weighted by atomic mass is 10.0. The van der Waals surface area contributed by atoms with E-state index in [-0.39, 0.29) is 35.5 Å². The third-order valence-electron chi connectivity index (χ3n) is 4.25. The van der Waals surface area contributed by atoms with Gasteiger partial charge in [0.15, 0.2) is 5.96 Å². The Hall–Kier alpha value is -1.35. The van der Waals surface area contributed by atoms with E-state index in [1.165, 1.54) is 0 Å². The third kappa shape index (κ3) is 7.11. The zero-order valence-corrected chi connectivity index (χ0v) is 18.3. The first kappa shape index (κ1) is 22.7. The number of rotatable bonds is 7. The van der Waals surface area contributed by atoms with Crippen molar-refractivity contribution in [1.29, 1.82) is 0 Å². The van der Waals surface area contributed by atoms with Crippen LogP contribution in [0.2, 0.25) is 0 Å². The molecule has 0 aromatic heterocycles. The van der Waals surface area contributed by atoms with E-state index < -0.39 is 0 Å². The monoisotopic (exact) mass is 474 g/mol. The number of halogens is 1. The molecule has 2 rings (SSSR count). The Morgan fingerprint density at radius 2 is 1.85 bits per heavy atom. The van der Waals surface area contributed by atoms with Gasteiger partial charge in [0.1, 0.15) is 0 Å². The molecule has 1 heterocycles. The van der Waals surface area contributed by atoms with Crippen LogP contribution in [0.4, 0.5) is 0 Å². The van der Waals surface area contributed by atoms with Crippen molar-refractivity contribution in [1.82, 2.24) is 16.0 Å². The number of aliphatic imine (C=N–C) groups is 1. The molecule has 7 heteroatoms. The third-order valence-corrected chi connectivity index (χ3v) is 4.25. The number of nitrogens with one attached hydrogen (secondary N) is 3. The van der Waals surface area contributed by atoms with E-state index in [0.29, 0.717) is 18.7 Å². The van der Waals surface area contributed by atoms with Crippen LogP contribution in [0.1, 0.15) is 49.5 Å². The molecule has 1 aliphatic rings. The van der Waals surface area contributed by atoms with Crippen molar-refractivity contribution in [3.05, 3.63) is 35.4 Å². The number of nitrogens with zero attached hydrogens (tertiary/aromatic N) is 1. The summed E-state index contributed by atoms with van der Waals surface area (Å²) in [6, 6.07) is 7.56. The number of benzene rings is 1. The van der Waals surface area contributed by atoms with Crippen molar-refractivity contribution < 1.29 is 9.53 Å². The summed E-state index contributed by atoms with van der Waals surface area (Å²) in [7, 11) is 0. The maximum atomic E-state index is 11.8. The first-order valence-corrected chi connectivity index (χ1v) is 9.09. The van der Waals surface area contributed by atoms with Crippen LogP contribution in [0.3, 0.4) is 0 Å². The Labute approximate surface area is 173 Å². The number of hydrogen-bond donors (Lipinski definition) is 3. The molecule has 3 N–H and O–H groups in total.